The van der Waals surface area contributed by atoms with E-state index >= 15 is 0 Å². The Labute approximate surface area is 243 Å². The van der Waals surface area contributed by atoms with Gasteiger partial charge in [-0.25, -0.2) is 0 Å². The van der Waals surface area contributed by atoms with Gasteiger partial charge in [0.1, 0.15) is 24.4 Å². The van der Waals surface area contributed by atoms with Crippen LogP contribution in [0.3, 0.4) is 0 Å². The molecule has 0 bridgehead atoms. The molecule has 222 valence electrons. The number of aliphatic hydroxyl groups excluding tert-OH is 1. The quantitative estimate of drug-likeness (QED) is 0.443. The summed E-state index contributed by atoms with van der Waals surface area (Å²) in [6.07, 6.45) is 3.52. The third-order valence-electron chi connectivity index (χ3n) is 7.50. The van der Waals surface area contributed by atoms with Crippen molar-refractivity contribution in [3.05, 3.63) is 71.3 Å². The number of nitrogens with zero attached hydrogens (tertiary/aromatic N) is 1. The molecule has 4 N–H and O–H groups in total. The fourth-order valence-corrected chi connectivity index (χ4v) is 4.86. The van der Waals surface area contributed by atoms with Crippen LogP contribution in [-0.2, 0) is 20.8 Å². The minimum absolute atomic E-state index is 0.0384. The molecule has 2 aromatic rings. The topological polar surface area (TPSA) is 120 Å². The van der Waals surface area contributed by atoms with Crippen molar-refractivity contribution < 1.29 is 24.2 Å². The lowest BCUT2D eigenvalue weighted by molar-refractivity contribution is -0.146. The lowest BCUT2D eigenvalue weighted by Crippen LogP contribution is -2.61. The number of aliphatic hydroxyl groups is 1. The number of carbonyl (C=O) groups is 3. The monoisotopic (exact) mass is 564 g/mol. The smallest absolute Gasteiger partial charge is 0.246 e. The summed E-state index contributed by atoms with van der Waals surface area (Å²) in [6.45, 7) is 8.39. The van der Waals surface area contributed by atoms with Crippen LogP contribution in [0.25, 0.3) is 6.08 Å². The number of hydrogen-bond acceptors (Lipinski definition) is 6. The molecule has 41 heavy (non-hydrogen) atoms. The molecule has 0 saturated heterocycles. The lowest BCUT2D eigenvalue weighted by Gasteiger charge is -2.35. The molecule has 0 fully saturated rings. The Morgan fingerprint density at radius 3 is 2.44 bits per heavy atom. The predicted molar refractivity (Wildman–Crippen MR) is 160 cm³/mol. The molecule has 0 radical (unpaired) electrons. The molecule has 2 aromatic carbocycles. The van der Waals surface area contributed by atoms with Crippen molar-refractivity contribution >= 4 is 23.8 Å². The number of ether oxygens (including phenoxy) is 1. The average molecular weight is 565 g/mol. The highest BCUT2D eigenvalue weighted by atomic mass is 16.5. The second-order valence-corrected chi connectivity index (χ2v) is 10.7. The molecule has 1 aliphatic rings. The van der Waals surface area contributed by atoms with Gasteiger partial charge in [0.2, 0.25) is 17.7 Å². The van der Waals surface area contributed by atoms with Crippen LogP contribution in [0.1, 0.15) is 43.9 Å². The van der Waals surface area contributed by atoms with Gasteiger partial charge in [-0.15, -0.1) is 0 Å². The van der Waals surface area contributed by atoms with E-state index in [0.29, 0.717) is 18.9 Å². The molecule has 2 unspecified atom stereocenters. The van der Waals surface area contributed by atoms with E-state index in [9.17, 15) is 19.5 Å². The van der Waals surface area contributed by atoms with Crippen LogP contribution < -0.4 is 20.7 Å². The van der Waals surface area contributed by atoms with Gasteiger partial charge in [0.05, 0.1) is 12.1 Å². The SMILES string of the molecule is CCC(C)[C@@H]1NCCOc2ccccc2/C=C/CNC(=O)[C@@H](Cc2ccc(C)cc2)NC(=O)[C@H](C(C)O)N(C)C1=O. The number of likely N-dealkylation sites (N-methyl/N-ethyl adjacent to an activating group) is 1. The van der Waals surface area contributed by atoms with Crippen molar-refractivity contribution in [3.63, 3.8) is 0 Å². The van der Waals surface area contributed by atoms with Gasteiger partial charge in [0.25, 0.3) is 0 Å². The molecule has 5 atom stereocenters. The number of nitrogens with one attached hydrogen (secondary N) is 3. The Kier molecular flexibility index (Phi) is 11.9. The molecule has 1 heterocycles. The van der Waals surface area contributed by atoms with Gasteiger partial charge >= 0.3 is 0 Å². The third kappa shape index (κ3) is 8.90. The minimum Gasteiger partial charge on any atom is -0.492 e. The van der Waals surface area contributed by atoms with Crippen LogP contribution in [0.15, 0.2) is 54.6 Å². The molecule has 1 aliphatic heterocycles. The standard InChI is InChI=1S/C32H44N4O5/c1-6-22(3)28-32(40)36(5)29(23(4)37)31(39)35-26(20-24-15-13-21(2)14-16-24)30(38)34-17-9-11-25-10-7-8-12-27(25)41-19-18-33-28/h7-16,22-23,26,28-29,33,37H,6,17-20H2,1-5H3,(H,34,38)(H,35,39)/b11-9+/t22?,23?,26-,28+,29+/m1/s1. The number of benzene rings is 2. The van der Waals surface area contributed by atoms with Crippen LogP contribution in [0.4, 0.5) is 0 Å². The molecular weight excluding hydrogens is 520 g/mol. The first-order chi connectivity index (χ1) is 19.6. The van der Waals surface area contributed by atoms with E-state index in [1.54, 1.807) is 0 Å². The highest BCUT2D eigenvalue weighted by molar-refractivity contribution is 5.93. The van der Waals surface area contributed by atoms with Crippen molar-refractivity contribution in [1.29, 1.82) is 0 Å². The Hall–Kier alpha value is -3.69. The average Bonchev–Trinajstić information content (AvgIpc) is 2.95. The lowest BCUT2D eigenvalue weighted by atomic mass is 9.96. The second kappa shape index (κ2) is 15.3. The van der Waals surface area contributed by atoms with Crippen molar-refractivity contribution in [2.24, 2.45) is 5.92 Å². The summed E-state index contributed by atoms with van der Waals surface area (Å²) < 4.78 is 6.02. The maximum absolute atomic E-state index is 13.7. The largest absolute Gasteiger partial charge is 0.492 e. The fraction of sp³-hybridized carbons (Fsp3) is 0.469. The maximum Gasteiger partial charge on any atom is 0.246 e. The van der Waals surface area contributed by atoms with Crippen molar-refractivity contribution in [3.8, 4) is 5.75 Å². The summed E-state index contributed by atoms with van der Waals surface area (Å²) in [5, 5.41) is 19.6. The molecule has 0 saturated carbocycles. The van der Waals surface area contributed by atoms with Crippen molar-refractivity contribution in [1.82, 2.24) is 20.9 Å². The fourth-order valence-electron chi connectivity index (χ4n) is 4.86. The number of amides is 3. The van der Waals surface area contributed by atoms with E-state index in [2.05, 4.69) is 16.0 Å². The van der Waals surface area contributed by atoms with Crippen LogP contribution >= 0.6 is 0 Å². The van der Waals surface area contributed by atoms with Crippen molar-refractivity contribution in [2.75, 3.05) is 26.7 Å². The number of hydrogen-bond donors (Lipinski definition) is 4. The summed E-state index contributed by atoms with van der Waals surface area (Å²) in [4.78, 5) is 41.9. The zero-order valence-electron chi connectivity index (χ0n) is 24.7. The van der Waals surface area contributed by atoms with Crippen LogP contribution in [0.5, 0.6) is 5.75 Å². The van der Waals surface area contributed by atoms with E-state index in [0.717, 1.165) is 23.1 Å². The number of para-hydroxylation sites is 1. The Balaban J connectivity index is 1.96. The molecule has 0 spiro atoms. The Bertz CT molecular complexity index is 1200. The van der Waals surface area contributed by atoms with Gasteiger partial charge < -0.3 is 30.7 Å². The van der Waals surface area contributed by atoms with E-state index in [4.69, 9.17) is 4.74 Å². The first-order valence-electron chi connectivity index (χ1n) is 14.3. The van der Waals surface area contributed by atoms with E-state index in [1.165, 1.54) is 18.9 Å². The maximum atomic E-state index is 13.7. The highest BCUT2D eigenvalue weighted by Gasteiger charge is 2.37. The molecule has 9 nitrogen and oxygen atoms in total. The second-order valence-electron chi connectivity index (χ2n) is 10.7. The molecular formula is C32H44N4O5. The van der Waals surface area contributed by atoms with Gasteiger partial charge in [-0.2, -0.15) is 0 Å². The van der Waals surface area contributed by atoms with Gasteiger partial charge in [0.15, 0.2) is 0 Å². The summed E-state index contributed by atoms with van der Waals surface area (Å²) >= 11 is 0. The number of rotatable bonds is 5. The number of carbonyl (C=O) groups excluding carboxylic acids is 3. The van der Waals surface area contributed by atoms with Gasteiger partial charge in [-0.3, -0.25) is 14.4 Å². The van der Waals surface area contributed by atoms with Gasteiger partial charge in [-0.05, 0) is 31.4 Å². The highest BCUT2D eigenvalue weighted by Crippen LogP contribution is 2.20. The van der Waals surface area contributed by atoms with E-state index < -0.39 is 30.1 Å². The Morgan fingerprint density at radius 1 is 1.05 bits per heavy atom. The predicted octanol–water partition coefficient (Wildman–Crippen LogP) is 2.46. The number of aryl methyl sites for hydroxylation is 1. The van der Waals surface area contributed by atoms with Crippen molar-refractivity contribution in [2.45, 2.75) is 64.8 Å². The molecule has 0 aliphatic carbocycles. The summed E-state index contributed by atoms with van der Waals surface area (Å²) in [5.41, 5.74) is 2.82. The number of fused-ring (bicyclic) bond motifs is 1. The van der Waals surface area contributed by atoms with Crippen LogP contribution in [0, 0.1) is 12.8 Å². The molecule has 3 amide bonds. The van der Waals surface area contributed by atoms with Crippen LogP contribution in [0.2, 0.25) is 0 Å². The molecule has 9 heteroatoms. The van der Waals surface area contributed by atoms with Gasteiger partial charge in [-0.1, -0.05) is 80.4 Å². The minimum atomic E-state index is -1.19. The zero-order chi connectivity index (χ0) is 29.9. The normalized spacial score (nSPS) is 23.6. The van der Waals surface area contributed by atoms with E-state index in [1.807, 2.05) is 81.5 Å². The zero-order valence-corrected chi connectivity index (χ0v) is 24.7. The molecule has 0 aromatic heterocycles. The Morgan fingerprint density at radius 2 is 1.76 bits per heavy atom. The van der Waals surface area contributed by atoms with Crippen LogP contribution in [-0.4, -0.2) is 78.7 Å². The summed E-state index contributed by atoms with van der Waals surface area (Å²) in [6, 6.07) is 12.6. The molecule has 3 rings (SSSR count). The van der Waals surface area contributed by atoms with Gasteiger partial charge in [0, 0.05) is 32.1 Å². The summed E-state index contributed by atoms with van der Waals surface area (Å²) in [7, 11) is 1.52. The first-order valence-corrected chi connectivity index (χ1v) is 14.3. The summed E-state index contributed by atoms with van der Waals surface area (Å²) in [5.74, 6) is -0.625. The first kappa shape index (κ1) is 31.8. The third-order valence-corrected chi connectivity index (χ3v) is 7.50. The van der Waals surface area contributed by atoms with E-state index in [-0.39, 0.29) is 30.7 Å².